The van der Waals surface area contributed by atoms with Gasteiger partial charge >= 0.3 is 0 Å². The maximum absolute atomic E-state index is 13.9. The third-order valence-corrected chi connectivity index (χ3v) is 5.14. The molecule has 0 spiro atoms. The van der Waals surface area contributed by atoms with Crippen LogP contribution in [0.4, 0.5) is 10.2 Å². The van der Waals surface area contributed by atoms with Gasteiger partial charge in [0.1, 0.15) is 0 Å². The molecule has 2 aromatic carbocycles. The molecule has 7 heteroatoms. The van der Waals surface area contributed by atoms with Crippen LogP contribution in [0.3, 0.4) is 0 Å². The first-order valence-corrected chi connectivity index (χ1v) is 9.64. The Morgan fingerprint density at radius 3 is 2.83 bits per heavy atom. The minimum atomic E-state index is -0.546. The zero-order valence-corrected chi connectivity index (χ0v) is 16.2. The summed E-state index contributed by atoms with van der Waals surface area (Å²) < 4.78 is 18.8. The van der Waals surface area contributed by atoms with E-state index < -0.39 is 5.82 Å². The highest BCUT2D eigenvalue weighted by Crippen LogP contribution is 2.24. The van der Waals surface area contributed by atoms with Crippen LogP contribution in [0.25, 0.3) is 11.3 Å². The van der Waals surface area contributed by atoms with E-state index in [2.05, 4.69) is 20.4 Å². The van der Waals surface area contributed by atoms with Gasteiger partial charge in [-0.3, -0.25) is 9.89 Å². The van der Waals surface area contributed by atoms with E-state index in [1.54, 1.807) is 6.07 Å². The Bertz CT molecular complexity index is 989. The maximum Gasteiger partial charge on any atom is 0.251 e. The Kier molecular flexibility index (Phi) is 5.46. The predicted octanol–water partition coefficient (Wildman–Crippen LogP) is 3.62. The van der Waals surface area contributed by atoms with Crippen LogP contribution in [-0.4, -0.2) is 42.3 Å². The van der Waals surface area contributed by atoms with Crippen LogP contribution in [0, 0.1) is 5.82 Å². The minimum absolute atomic E-state index is 0.0294. The van der Waals surface area contributed by atoms with Gasteiger partial charge in [-0.1, -0.05) is 30.3 Å². The molecule has 29 heavy (non-hydrogen) atoms. The van der Waals surface area contributed by atoms with Crippen molar-refractivity contribution in [2.45, 2.75) is 18.9 Å². The van der Waals surface area contributed by atoms with Crippen molar-refractivity contribution in [3.05, 3.63) is 66.0 Å². The highest BCUT2D eigenvalue weighted by molar-refractivity contribution is 5.94. The number of benzene rings is 2. The van der Waals surface area contributed by atoms with E-state index in [1.807, 2.05) is 36.4 Å². The molecule has 1 fully saturated rings. The average molecular weight is 394 g/mol. The number of amides is 1. The summed E-state index contributed by atoms with van der Waals surface area (Å²) in [5.74, 6) is 0.150. The molecular formula is C22H23FN4O2. The van der Waals surface area contributed by atoms with E-state index in [9.17, 15) is 9.18 Å². The molecule has 1 atom stereocenters. The molecular weight excluding hydrogens is 371 g/mol. The number of carbonyl (C=O) groups is 1. The van der Waals surface area contributed by atoms with Gasteiger partial charge in [-0.2, -0.15) is 5.10 Å². The second-order valence-electron chi connectivity index (χ2n) is 7.11. The summed E-state index contributed by atoms with van der Waals surface area (Å²) in [5.41, 5.74) is 2.32. The molecule has 1 aliphatic heterocycles. The van der Waals surface area contributed by atoms with Crippen LogP contribution in [0.15, 0.2) is 54.6 Å². The molecule has 1 aromatic heterocycles. The summed E-state index contributed by atoms with van der Waals surface area (Å²) >= 11 is 0. The summed E-state index contributed by atoms with van der Waals surface area (Å²) in [4.78, 5) is 14.7. The largest absolute Gasteiger partial charge is 0.494 e. The van der Waals surface area contributed by atoms with Crippen molar-refractivity contribution in [1.82, 2.24) is 15.5 Å². The van der Waals surface area contributed by atoms with E-state index in [0.29, 0.717) is 6.54 Å². The number of aromatic nitrogens is 2. The molecule has 4 rings (SSSR count). The number of aromatic amines is 1. The second kappa shape index (κ2) is 8.34. The first-order chi connectivity index (χ1) is 14.1. The van der Waals surface area contributed by atoms with Crippen LogP contribution < -0.4 is 15.0 Å². The number of halogens is 1. The van der Waals surface area contributed by atoms with Crippen molar-refractivity contribution in [2.75, 3.05) is 25.1 Å². The van der Waals surface area contributed by atoms with E-state index in [1.165, 1.54) is 19.2 Å². The quantitative estimate of drug-likeness (QED) is 0.693. The first kappa shape index (κ1) is 19.0. The Hall–Kier alpha value is -3.35. The van der Waals surface area contributed by atoms with Crippen LogP contribution in [-0.2, 0) is 0 Å². The zero-order chi connectivity index (χ0) is 20.2. The van der Waals surface area contributed by atoms with Gasteiger partial charge in [0.15, 0.2) is 17.4 Å². The van der Waals surface area contributed by atoms with Crippen LogP contribution in [0.2, 0.25) is 0 Å². The number of nitrogens with zero attached hydrogens (tertiary/aromatic N) is 2. The van der Waals surface area contributed by atoms with Crippen molar-refractivity contribution in [2.24, 2.45) is 0 Å². The maximum atomic E-state index is 13.9. The standard InChI is InChI=1S/C22H23FN4O2/c1-29-20-10-9-16(12-18(20)23)22(28)24-17-8-5-11-27(14-17)21-13-19(25-26-21)15-6-3-2-4-7-15/h2-4,6-7,9-10,12-13,17H,5,8,11,14H2,1H3,(H,24,28)(H,25,26)/t17-/m0/s1. The zero-order valence-electron chi connectivity index (χ0n) is 16.2. The molecule has 0 aliphatic carbocycles. The highest BCUT2D eigenvalue weighted by Gasteiger charge is 2.24. The van der Waals surface area contributed by atoms with Gasteiger partial charge < -0.3 is 15.0 Å². The first-order valence-electron chi connectivity index (χ1n) is 9.64. The van der Waals surface area contributed by atoms with E-state index in [0.717, 1.165) is 36.5 Å². The molecule has 6 nitrogen and oxygen atoms in total. The lowest BCUT2D eigenvalue weighted by molar-refractivity contribution is 0.0932. The molecule has 2 heterocycles. The third-order valence-electron chi connectivity index (χ3n) is 5.14. The Morgan fingerprint density at radius 1 is 1.24 bits per heavy atom. The fourth-order valence-corrected chi connectivity index (χ4v) is 3.62. The second-order valence-corrected chi connectivity index (χ2v) is 7.11. The monoisotopic (exact) mass is 394 g/mol. The molecule has 150 valence electrons. The van der Waals surface area contributed by atoms with E-state index >= 15 is 0 Å². The van der Waals surface area contributed by atoms with Gasteiger partial charge in [0, 0.05) is 30.8 Å². The number of H-pyrrole nitrogens is 1. The fourth-order valence-electron chi connectivity index (χ4n) is 3.62. The van der Waals surface area contributed by atoms with Gasteiger partial charge in [-0.15, -0.1) is 0 Å². The number of methoxy groups -OCH3 is 1. The minimum Gasteiger partial charge on any atom is -0.494 e. The number of rotatable bonds is 5. The number of hydrogen-bond acceptors (Lipinski definition) is 4. The predicted molar refractivity (Wildman–Crippen MR) is 110 cm³/mol. The van der Waals surface area contributed by atoms with Crippen LogP contribution in [0.5, 0.6) is 5.75 Å². The number of hydrogen-bond donors (Lipinski definition) is 2. The number of piperidine rings is 1. The molecule has 2 N–H and O–H groups in total. The molecule has 0 radical (unpaired) electrons. The summed E-state index contributed by atoms with van der Waals surface area (Å²) in [6.45, 7) is 1.53. The van der Waals surface area contributed by atoms with Crippen molar-refractivity contribution in [3.8, 4) is 17.0 Å². The molecule has 0 unspecified atom stereocenters. The fraction of sp³-hybridized carbons (Fsp3) is 0.273. The molecule has 3 aromatic rings. The Labute approximate surface area is 168 Å². The van der Waals surface area contributed by atoms with Crippen molar-refractivity contribution < 1.29 is 13.9 Å². The van der Waals surface area contributed by atoms with Crippen molar-refractivity contribution in [1.29, 1.82) is 0 Å². The number of carbonyl (C=O) groups excluding carboxylic acids is 1. The van der Waals surface area contributed by atoms with Crippen LogP contribution in [0.1, 0.15) is 23.2 Å². The lowest BCUT2D eigenvalue weighted by Crippen LogP contribution is -2.48. The van der Waals surface area contributed by atoms with Crippen LogP contribution >= 0.6 is 0 Å². The molecule has 0 saturated carbocycles. The summed E-state index contributed by atoms with van der Waals surface area (Å²) in [7, 11) is 1.40. The van der Waals surface area contributed by atoms with Gasteiger partial charge in [-0.05, 0) is 36.6 Å². The molecule has 1 amide bonds. The Morgan fingerprint density at radius 2 is 2.07 bits per heavy atom. The highest BCUT2D eigenvalue weighted by atomic mass is 19.1. The molecule has 0 bridgehead atoms. The van der Waals surface area contributed by atoms with Gasteiger partial charge in [0.2, 0.25) is 0 Å². The molecule has 1 aliphatic rings. The van der Waals surface area contributed by atoms with E-state index in [-0.39, 0.29) is 23.3 Å². The smallest absolute Gasteiger partial charge is 0.251 e. The van der Waals surface area contributed by atoms with Crippen molar-refractivity contribution in [3.63, 3.8) is 0 Å². The van der Waals surface area contributed by atoms with E-state index in [4.69, 9.17) is 4.74 Å². The number of nitrogens with one attached hydrogen (secondary N) is 2. The SMILES string of the molecule is COc1ccc(C(=O)N[C@H]2CCCN(c3cc(-c4ccccc4)[nH]n3)C2)cc1F. The van der Waals surface area contributed by atoms with Gasteiger partial charge in [-0.25, -0.2) is 4.39 Å². The number of anilines is 1. The summed E-state index contributed by atoms with van der Waals surface area (Å²) in [6.07, 6.45) is 1.81. The summed E-state index contributed by atoms with van der Waals surface area (Å²) in [5, 5.41) is 10.5. The normalized spacial score (nSPS) is 16.5. The topological polar surface area (TPSA) is 70.2 Å². The summed E-state index contributed by atoms with van der Waals surface area (Å²) in [6, 6.07) is 16.3. The lowest BCUT2D eigenvalue weighted by atomic mass is 10.0. The third kappa shape index (κ3) is 4.23. The number of ether oxygens (including phenoxy) is 1. The average Bonchev–Trinajstić information content (AvgIpc) is 3.25. The van der Waals surface area contributed by atoms with Gasteiger partial charge in [0.05, 0.1) is 12.8 Å². The van der Waals surface area contributed by atoms with Crippen molar-refractivity contribution >= 4 is 11.7 Å². The lowest BCUT2D eigenvalue weighted by Gasteiger charge is -2.33. The van der Waals surface area contributed by atoms with Gasteiger partial charge in [0.25, 0.3) is 5.91 Å². The Balaban J connectivity index is 1.41. The molecule has 1 saturated heterocycles.